The van der Waals surface area contributed by atoms with Crippen molar-refractivity contribution < 1.29 is 0 Å². The maximum absolute atomic E-state index is 4.88. The number of allylic oxidation sites excluding steroid dienone is 2. The molecule has 200 valence electrons. The van der Waals surface area contributed by atoms with Gasteiger partial charge in [-0.1, -0.05) is 63.8 Å². The summed E-state index contributed by atoms with van der Waals surface area (Å²) < 4.78 is 0. The van der Waals surface area contributed by atoms with Crippen LogP contribution in [0.5, 0.6) is 0 Å². The van der Waals surface area contributed by atoms with E-state index < -0.39 is 0 Å². The first kappa shape index (κ1) is 28.2. The van der Waals surface area contributed by atoms with Gasteiger partial charge < -0.3 is 20.0 Å². The Morgan fingerprint density at radius 2 is 1.73 bits per heavy atom. The van der Waals surface area contributed by atoms with Gasteiger partial charge in [0.2, 0.25) is 5.95 Å². The molecule has 0 radical (unpaired) electrons. The van der Waals surface area contributed by atoms with Gasteiger partial charge in [0.25, 0.3) is 0 Å². The van der Waals surface area contributed by atoms with Crippen molar-refractivity contribution in [2.75, 3.05) is 55.4 Å². The Hall–Kier alpha value is -3.35. The Kier molecular flexibility index (Phi) is 11.5. The van der Waals surface area contributed by atoms with Crippen molar-refractivity contribution >= 4 is 29.1 Å². The van der Waals surface area contributed by atoms with Crippen molar-refractivity contribution in [2.24, 2.45) is 4.99 Å². The molecule has 1 aromatic heterocycles. The highest BCUT2D eigenvalue weighted by Crippen LogP contribution is 2.24. The highest BCUT2D eigenvalue weighted by atomic mass is 15.3. The standard InChI is InChI=1S/C30H45N7/c1-6-8-10-11-12-13-14-26-15-17-27(18-16-26)32-28-24-29(35(4)5)34-30(33-28)37-22-20-36(21-23-37)25(3)31-19-9-7-2/h7,9,15-19,24H,2,6,8,10-14,20-23H2,1,3-5H3,(H,32,33,34)/b19-9-,31-25?. The number of rotatable bonds is 13. The molecule has 1 fully saturated rings. The number of nitrogens with one attached hydrogen (secondary N) is 1. The van der Waals surface area contributed by atoms with Crippen molar-refractivity contribution in [3.63, 3.8) is 0 Å². The summed E-state index contributed by atoms with van der Waals surface area (Å²) in [7, 11) is 4.03. The maximum atomic E-state index is 4.88. The van der Waals surface area contributed by atoms with E-state index >= 15 is 0 Å². The zero-order valence-corrected chi connectivity index (χ0v) is 23.3. The Balaban J connectivity index is 1.61. The van der Waals surface area contributed by atoms with Gasteiger partial charge in [-0.3, -0.25) is 0 Å². The molecule has 0 atom stereocenters. The number of anilines is 4. The minimum absolute atomic E-state index is 0.759. The summed E-state index contributed by atoms with van der Waals surface area (Å²) in [6.07, 6.45) is 14.5. The van der Waals surface area contributed by atoms with E-state index in [1.807, 2.05) is 38.1 Å². The summed E-state index contributed by atoms with van der Waals surface area (Å²) in [6, 6.07) is 10.8. The lowest BCUT2D eigenvalue weighted by Gasteiger charge is -2.36. The summed E-state index contributed by atoms with van der Waals surface area (Å²) in [5, 5.41) is 3.50. The van der Waals surface area contributed by atoms with Crippen LogP contribution < -0.4 is 15.1 Å². The van der Waals surface area contributed by atoms with E-state index in [0.717, 1.165) is 61.7 Å². The van der Waals surface area contributed by atoms with E-state index in [1.165, 1.54) is 44.1 Å². The molecule has 0 saturated carbocycles. The molecule has 0 aliphatic carbocycles. The third kappa shape index (κ3) is 9.23. The van der Waals surface area contributed by atoms with Gasteiger partial charge in [-0.2, -0.15) is 9.97 Å². The van der Waals surface area contributed by atoms with Crippen molar-refractivity contribution in [2.45, 2.75) is 58.8 Å². The lowest BCUT2D eigenvalue weighted by atomic mass is 10.0. The highest BCUT2D eigenvalue weighted by Gasteiger charge is 2.21. The summed E-state index contributed by atoms with van der Waals surface area (Å²) in [4.78, 5) is 20.8. The van der Waals surface area contributed by atoms with E-state index in [2.05, 4.69) is 57.9 Å². The molecular weight excluding hydrogens is 458 g/mol. The lowest BCUT2D eigenvalue weighted by molar-refractivity contribution is 0.381. The van der Waals surface area contributed by atoms with Gasteiger partial charge in [0.1, 0.15) is 17.5 Å². The van der Waals surface area contributed by atoms with Crippen LogP contribution in [0.3, 0.4) is 0 Å². The van der Waals surface area contributed by atoms with Crippen molar-refractivity contribution in [1.29, 1.82) is 0 Å². The van der Waals surface area contributed by atoms with E-state index in [4.69, 9.17) is 9.97 Å². The average molecular weight is 504 g/mol. The molecule has 1 aliphatic rings. The Bertz CT molecular complexity index is 1020. The van der Waals surface area contributed by atoms with Crippen LogP contribution in [0.4, 0.5) is 23.3 Å². The quantitative estimate of drug-likeness (QED) is 0.147. The molecule has 3 rings (SSSR count). The fourth-order valence-corrected chi connectivity index (χ4v) is 4.39. The molecule has 7 heteroatoms. The number of aromatic nitrogens is 2. The second kappa shape index (κ2) is 15.0. The van der Waals surface area contributed by atoms with Crippen LogP contribution >= 0.6 is 0 Å². The largest absolute Gasteiger partial charge is 0.363 e. The molecular formula is C30H45N7. The van der Waals surface area contributed by atoms with Gasteiger partial charge >= 0.3 is 0 Å². The van der Waals surface area contributed by atoms with Crippen molar-refractivity contribution in [1.82, 2.24) is 14.9 Å². The predicted molar refractivity (Wildman–Crippen MR) is 159 cm³/mol. The molecule has 37 heavy (non-hydrogen) atoms. The monoisotopic (exact) mass is 503 g/mol. The van der Waals surface area contributed by atoms with E-state index in [0.29, 0.717) is 0 Å². The van der Waals surface area contributed by atoms with Crippen molar-refractivity contribution in [3.05, 3.63) is 60.8 Å². The smallest absolute Gasteiger partial charge is 0.229 e. The number of benzene rings is 1. The van der Waals surface area contributed by atoms with Crippen LogP contribution in [0, 0.1) is 0 Å². The number of amidine groups is 1. The molecule has 1 aliphatic heterocycles. The van der Waals surface area contributed by atoms with Crippen LogP contribution in [-0.4, -0.2) is 61.0 Å². The number of hydrogen-bond donors (Lipinski definition) is 1. The fourth-order valence-electron chi connectivity index (χ4n) is 4.39. The van der Waals surface area contributed by atoms with Gasteiger partial charge in [-0.05, 0) is 43.5 Å². The fraction of sp³-hybridized carbons (Fsp3) is 0.500. The number of aryl methyl sites for hydroxylation is 1. The third-order valence-corrected chi connectivity index (χ3v) is 6.71. The molecule has 2 aromatic rings. The molecule has 0 bridgehead atoms. The van der Waals surface area contributed by atoms with Gasteiger partial charge in [0, 0.05) is 58.2 Å². The van der Waals surface area contributed by atoms with Crippen LogP contribution in [0.15, 0.2) is 60.3 Å². The van der Waals surface area contributed by atoms with Crippen LogP contribution in [0.2, 0.25) is 0 Å². The molecule has 0 unspecified atom stereocenters. The molecule has 1 saturated heterocycles. The van der Waals surface area contributed by atoms with Gasteiger partial charge in [0.15, 0.2) is 0 Å². The summed E-state index contributed by atoms with van der Waals surface area (Å²) in [6.45, 7) is 11.5. The second-order valence-corrected chi connectivity index (χ2v) is 9.87. The normalized spacial score (nSPS) is 14.3. The van der Waals surface area contributed by atoms with E-state index in [1.54, 1.807) is 12.3 Å². The van der Waals surface area contributed by atoms with E-state index in [9.17, 15) is 0 Å². The Morgan fingerprint density at radius 1 is 1.03 bits per heavy atom. The topological polar surface area (TPSA) is 59.9 Å². The predicted octanol–water partition coefficient (Wildman–Crippen LogP) is 6.43. The molecule has 1 N–H and O–H groups in total. The molecule has 2 heterocycles. The molecule has 0 spiro atoms. The number of nitrogens with zero attached hydrogens (tertiary/aromatic N) is 6. The van der Waals surface area contributed by atoms with Gasteiger partial charge in [0.05, 0.1) is 0 Å². The average Bonchev–Trinajstić information content (AvgIpc) is 2.91. The number of unbranched alkanes of at least 4 members (excludes halogenated alkanes) is 5. The van der Waals surface area contributed by atoms with Crippen molar-refractivity contribution in [3.8, 4) is 0 Å². The van der Waals surface area contributed by atoms with Crippen LogP contribution in [-0.2, 0) is 6.42 Å². The van der Waals surface area contributed by atoms with Crippen LogP contribution in [0.25, 0.3) is 0 Å². The third-order valence-electron chi connectivity index (χ3n) is 6.71. The molecule has 1 aromatic carbocycles. The molecule has 0 amide bonds. The number of hydrogen-bond acceptors (Lipinski definition) is 6. The maximum Gasteiger partial charge on any atom is 0.229 e. The Labute approximate surface area is 224 Å². The van der Waals surface area contributed by atoms with Crippen LogP contribution in [0.1, 0.15) is 57.9 Å². The second-order valence-electron chi connectivity index (χ2n) is 9.87. The molecule has 7 nitrogen and oxygen atoms in total. The van der Waals surface area contributed by atoms with Gasteiger partial charge in [-0.25, -0.2) is 4.99 Å². The summed E-state index contributed by atoms with van der Waals surface area (Å²) >= 11 is 0. The minimum Gasteiger partial charge on any atom is -0.363 e. The summed E-state index contributed by atoms with van der Waals surface area (Å²) in [5.41, 5.74) is 2.44. The zero-order chi connectivity index (χ0) is 26.5. The SMILES string of the molecule is C=C/C=C\N=C(C)N1CCN(c2nc(Nc3ccc(CCCCCCCC)cc3)cc(N(C)C)n2)CC1. The first-order chi connectivity index (χ1) is 18.0. The zero-order valence-electron chi connectivity index (χ0n) is 23.3. The highest BCUT2D eigenvalue weighted by molar-refractivity contribution is 5.80. The number of piperazine rings is 1. The number of aliphatic imine (C=N–C) groups is 1. The Morgan fingerprint density at radius 3 is 2.41 bits per heavy atom. The lowest BCUT2D eigenvalue weighted by Crippen LogP contribution is -2.48. The van der Waals surface area contributed by atoms with E-state index in [-0.39, 0.29) is 0 Å². The first-order valence-electron chi connectivity index (χ1n) is 13.7. The summed E-state index contributed by atoms with van der Waals surface area (Å²) in [5.74, 6) is 3.48. The minimum atomic E-state index is 0.759. The first-order valence-corrected chi connectivity index (χ1v) is 13.7. The van der Waals surface area contributed by atoms with Gasteiger partial charge in [-0.15, -0.1) is 0 Å².